The lowest BCUT2D eigenvalue weighted by Gasteiger charge is -1.95. The maximum absolute atomic E-state index is 8.26. The lowest BCUT2D eigenvalue weighted by molar-refractivity contribution is 0.139. The molecule has 0 bridgehead atoms. The topological polar surface area (TPSA) is 38.7 Å². The minimum Gasteiger partial charge on any atom is -0.396 e. The molecule has 0 saturated carbocycles. The maximum atomic E-state index is 8.26. The van der Waals surface area contributed by atoms with Crippen LogP contribution in [0, 0.1) is 0 Å². The highest BCUT2D eigenvalue weighted by Crippen LogP contribution is 1.79. The fourth-order valence-electron chi connectivity index (χ4n) is 0.568. The molecular weight excluding hydrogens is 192 g/mol. The van der Waals surface area contributed by atoms with E-state index in [1.807, 2.05) is 0 Å². The van der Waals surface area contributed by atoms with E-state index < -0.39 is 0 Å². The van der Waals surface area contributed by atoms with Gasteiger partial charge in [-0.3, -0.25) is 0 Å². The second kappa shape index (κ2) is 18.8. The molecular formula is C12H22O3. The second-order valence-electron chi connectivity index (χ2n) is 2.56. The van der Waals surface area contributed by atoms with Crippen LogP contribution in [0.2, 0.25) is 0 Å². The Morgan fingerprint density at radius 2 is 1.33 bits per heavy atom. The van der Waals surface area contributed by atoms with Gasteiger partial charge in [0.15, 0.2) is 0 Å². The average Bonchev–Trinajstić information content (AvgIpc) is 2.26. The van der Waals surface area contributed by atoms with Crippen molar-refractivity contribution in [2.45, 2.75) is 6.42 Å². The third kappa shape index (κ3) is 24.6. The first-order valence-electron chi connectivity index (χ1n) is 4.92. The zero-order valence-electron chi connectivity index (χ0n) is 9.36. The summed E-state index contributed by atoms with van der Waals surface area (Å²) < 4.78 is 9.84. The minimum atomic E-state index is 0.205. The molecule has 0 unspecified atom stereocenters. The van der Waals surface area contributed by atoms with Gasteiger partial charge in [-0.1, -0.05) is 18.2 Å². The van der Waals surface area contributed by atoms with Crippen molar-refractivity contribution in [2.24, 2.45) is 0 Å². The highest BCUT2D eigenvalue weighted by Gasteiger charge is 1.80. The molecule has 0 heterocycles. The average molecular weight is 214 g/mol. The van der Waals surface area contributed by atoms with Gasteiger partial charge in [0.1, 0.15) is 0 Å². The molecule has 0 rings (SSSR count). The molecule has 0 aromatic carbocycles. The fraction of sp³-hybridized carbons (Fsp3) is 0.500. The Kier molecular flexibility index (Phi) is 20.7. The number of aliphatic hydroxyl groups excluding tert-OH is 1. The summed E-state index contributed by atoms with van der Waals surface area (Å²) in [6.45, 7) is 13.1. The molecule has 1 N–H and O–H groups in total. The van der Waals surface area contributed by atoms with Gasteiger partial charge in [-0.05, 0) is 6.42 Å². The summed E-state index contributed by atoms with van der Waals surface area (Å²) in [6, 6.07) is 0. The SMILES string of the molecule is C=CCOCC=C.C=CCOCCCO. The molecule has 0 atom stereocenters. The lowest BCUT2D eigenvalue weighted by atomic mass is 10.5. The fourth-order valence-corrected chi connectivity index (χ4v) is 0.568. The first-order valence-corrected chi connectivity index (χ1v) is 4.92. The van der Waals surface area contributed by atoms with Gasteiger partial charge >= 0.3 is 0 Å². The summed E-state index contributed by atoms with van der Waals surface area (Å²) in [5.41, 5.74) is 0. The number of rotatable bonds is 9. The minimum absolute atomic E-state index is 0.205. The van der Waals surface area contributed by atoms with E-state index in [2.05, 4.69) is 19.7 Å². The van der Waals surface area contributed by atoms with Crippen LogP contribution in [0.3, 0.4) is 0 Å². The summed E-state index contributed by atoms with van der Waals surface area (Å²) in [5.74, 6) is 0. The largest absolute Gasteiger partial charge is 0.396 e. The summed E-state index contributed by atoms with van der Waals surface area (Å²) in [6.07, 6.45) is 5.83. The van der Waals surface area contributed by atoms with Crippen molar-refractivity contribution in [3.05, 3.63) is 38.0 Å². The normalized spacial score (nSPS) is 8.60. The molecule has 0 aliphatic carbocycles. The Morgan fingerprint density at radius 3 is 1.73 bits per heavy atom. The van der Waals surface area contributed by atoms with Gasteiger partial charge in [0.2, 0.25) is 0 Å². The van der Waals surface area contributed by atoms with Crippen LogP contribution in [0.25, 0.3) is 0 Å². The van der Waals surface area contributed by atoms with Crippen LogP contribution in [0.4, 0.5) is 0 Å². The summed E-state index contributed by atoms with van der Waals surface area (Å²) in [7, 11) is 0. The van der Waals surface area contributed by atoms with E-state index in [9.17, 15) is 0 Å². The van der Waals surface area contributed by atoms with E-state index in [1.165, 1.54) is 0 Å². The number of aliphatic hydroxyl groups is 1. The standard InChI is InChI=1S/C6H12O2.C6H10O/c1-2-5-8-6-3-4-7;1-3-5-7-6-4-2/h2,7H,1,3-6H2;3-4H,1-2,5-6H2. The second-order valence-corrected chi connectivity index (χ2v) is 2.56. The molecule has 0 aromatic rings. The summed E-state index contributed by atoms with van der Waals surface area (Å²) >= 11 is 0. The highest BCUT2D eigenvalue weighted by molar-refractivity contribution is 4.68. The molecule has 0 spiro atoms. The Balaban J connectivity index is 0. The zero-order valence-corrected chi connectivity index (χ0v) is 9.36. The van der Waals surface area contributed by atoms with Gasteiger partial charge in [0.25, 0.3) is 0 Å². The third-order valence-corrected chi connectivity index (χ3v) is 1.15. The van der Waals surface area contributed by atoms with E-state index >= 15 is 0 Å². The van der Waals surface area contributed by atoms with Crippen LogP contribution >= 0.6 is 0 Å². The van der Waals surface area contributed by atoms with Crippen molar-refractivity contribution in [1.82, 2.24) is 0 Å². The van der Waals surface area contributed by atoms with Gasteiger partial charge in [-0.2, -0.15) is 0 Å². The van der Waals surface area contributed by atoms with Crippen LogP contribution in [0.15, 0.2) is 38.0 Å². The molecule has 88 valence electrons. The van der Waals surface area contributed by atoms with Crippen molar-refractivity contribution in [3.63, 3.8) is 0 Å². The number of ether oxygens (including phenoxy) is 2. The van der Waals surface area contributed by atoms with Crippen molar-refractivity contribution in [3.8, 4) is 0 Å². The molecule has 15 heavy (non-hydrogen) atoms. The van der Waals surface area contributed by atoms with Crippen LogP contribution in [-0.2, 0) is 9.47 Å². The van der Waals surface area contributed by atoms with Crippen LogP contribution in [-0.4, -0.2) is 38.1 Å². The molecule has 3 nitrogen and oxygen atoms in total. The van der Waals surface area contributed by atoms with Crippen molar-refractivity contribution in [1.29, 1.82) is 0 Å². The van der Waals surface area contributed by atoms with Gasteiger partial charge < -0.3 is 14.6 Å². The molecule has 0 aliphatic rings. The first kappa shape index (κ1) is 16.5. The quantitative estimate of drug-likeness (QED) is 0.471. The Bertz CT molecular complexity index is 136. The van der Waals surface area contributed by atoms with Crippen LogP contribution in [0.5, 0.6) is 0 Å². The number of hydrogen-bond acceptors (Lipinski definition) is 3. The smallest absolute Gasteiger partial charge is 0.0649 e. The monoisotopic (exact) mass is 214 g/mol. The lowest BCUT2D eigenvalue weighted by Crippen LogP contribution is -1.95. The predicted octanol–water partition coefficient (Wildman–Crippen LogP) is 1.95. The predicted molar refractivity (Wildman–Crippen MR) is 63.9 cm³/mol. The van der Waals surface area contributed by atoms with Crippen LogP contribution < -0.4 is 0 Å². The van der Waals surface area contributed by atoms with E-state index in [1.54, 1.807) is 18.2 Å². The van der Waals surface area contributed by atoms with E-state index in [-0.39, 0.29) is 6.61 Å². The van der Waals surface area contributed by atoms with Crippen LogP contribution in [0.1, 0.15) is 6.42 Å². The van der Waals surface area contributed by atoms with Gasteiger partial charge in [0, 0.05) is 13.2 Å². The summed E-state index contributed by atoms with van der Waals surface area (Å²) in [4.78, 5) is 0. The maximum Gasteiger partial charge on any atom is 0.0649 e. The molecule has 0 aromatic heterocycles. The molecule has 0 aliphatic heterocycles. The van der Waals surface area contributed by atoms with Crippen molar-refractivity contribution in [2.75, 3.05) is 33.0 Å². The molecule has 0 amide bonds. The van der Waals surface area contributed by atoms with Gasteiger partial charge in [0.05, 0.1) is 19.8 Å². The molecule has 0 saturated heterocycles. The van der Waals surface area contributed by atoms with E-state index in [0.717, 1.165) is 0 Å². The van der Waals surface area contributed by atoms with E-state index in [0.29, 0.717) is 32.8 Å². The molecule has 3 heteroatoms. The van der Waals surface area contributed by atoms with Gasteiger partial charge in [-0.25, -0.2) is 0 Å². The van der Waals surface area contributed by atoms with Crippen molar-refractivity contribution < 1.29 is 14.6 Å². The Morgan fingerprint density at radius 1 is 0.867 bits per heavy atom. The highest BCUT2D eigenvalue weighted by atomic mass is 16.5. The first-order chi connectivity index (χ1) is 7.33. The van der Waals surface area contributed by atoms with E-state index in [4.69, 9.17) is 14.6 Å². The summed E-state index contributed by atoms with van der Waals surface area (Å²) in [5, 5.41) is 8.26. The molecule has 0 fully saturated rings. The Hall–Kier alpha value is -0.900. The zero-order chi connectivity index (χ0) is 11.8. The Labute approximate surface area is 92.7 Å². The molecule has 0 radical (unpaired) electrons. The van der Waals surface area contributed by atoms with Gasteiger partial charge in [-0.15, -0.1) is 19.7 Å². The number of hydrogen-bond donors (Lipinski definition) is 1. The third-order valence-electron chi connectivity index (χ3n) is 1.15. The van der Waals surface area contributed by atoms with Crippen molar-refractivity contribution >= 4 is 0 Å².